The van der Waals surface area contributed by atoms with Gasteiger partial charge in [-0.15, -0.1) is 0 Å². The normalized spacial score (nSPS) is 16.1. The van der Waals surface area contributed by atoms with E-state index in [0.29, 0.717) is 12.3 Å². The largest absolute Gasteiger partial charge is 0.491 e. The number of anilines is 1. The summed E-state index contributed by atoms with van der Waals surface area (Å²) in [5.41, 5.74) is 6.50. The minimum atomic E-state index is 0.174. The zero-order chi connectivity index (χ0) is 14.4. The first-order valence-electron chi connectivity index (χ1n) is 7.12. The molecule has 0 radical (unpaired) electrons. The number of rotatable bonds is 5. The van der Waals surface area contributed by atoms with Gasteiger partial charge in [-0.05, 0) is 18.6 Å². The van der Waals surface area contributed by atoms with Crippen molar-refractivity contribution in [2.45, 2.75) is 13.3 Å². The van der Waals surface area contributed by atoms with Gasteiger partial charge in [0, 0.05) is 39.6 Å². The van der Waals surface area contributed by atoms with Gasteiger partial charge in [-0.3, -0.25) is 9.69 Å². The van der Waals surface area contributed by atoms with E-state index in [-0.39, 0.29) is 5.91 Å². The molecule has 5 nitrogen and oxygen atoms in total. The molecule has 0 aromatic heterocycles. The molecular formula is C15H23N3O2. The number of hydrogen-bond acceptors (Lipinski definition) is 4. The number of nitrogen functional groups attached to an aromatic ring is 1. The molecule has 0 spiro atoms. The van der Waals surface area contributed by atoms with E-state index in [1.54, 1.807) is 6.92 Å². The first-order chi connectivity index (χ1) is 9.66. The van der Waals surface area contributed by atoms with Gasteiger partial charge in [0.05, 0.1) is 12.3 Å². The van der Waals surface area contributed by atoms with E-state index < -0.39 is 0 Å². The predicted octanol–water partition coefficient (Wildman–Crippen LogP) is 1.20. The van der Waals surface area contributed by atoms with Crippen molar-refractivity contribution in [3.8, 4) is 5.75 Å². The zero-order valence-corrected chi connectivity index (χ0v) is 12.0. The second-order valence-electron chi connectivity index (χ2n) is 5.09. The summed E-state index contributed by atoms with van der Waals surface area (Å²) in [6.45, 7) is 6.87. The van der Waals surface area contributed by atoms with E-state index in [1.807, 2.05) is 29.2 Å². The summed E-state index contributed by atoms with van der Waals surface area (Å²) in [7, 11) is 0. The molecule has 1 aliphatic heterocycles. The first-order valence-corrected chi connectivity index (χ1v) is 7.12. The molecule has 20 heavy (non-hydrogen) atoms. The number of nitrogens with zero attached hydrogens (tertiary/aromatic N) is 2. The molecule has 0 unspecified atom stereocenters. The lowest BCUT2D eigenvalue weighted by Gasteiger charge is -2.34. The number of ether oxygens (including phenoxy) is 1. The number of piperazine rings is 1. The fraction of sp³-hybridized carbons (Fsp3) is 0.533. The van der Waals surface area contributed by atoms with Crippen LogP contribution in [0.4, 0.5) is 5.69 Å². The van der Waals surface area contributed by atoms with Crippen molar-refractivity contribution < 1.29 is 9.53 Å². The van der Waals surface area contributed by atoms with Crippen molar-refractivity contribution in [3.63, 3.8) is 0 Å². The number of para-hydroxylation sites is 2. The molecule has 2 N–H and O–H groups in total. The van der Waals surface area contributed by atoms with Gasteiger partial charge in [0.25, 0.3) is 0 Å². The summed E-state index contributed by atoms with van der Waals surface area (Å²) < 4.78 is 5.67. The lowest BCUT2D eigenvalue weighted by molar-refractivity contribution is -0.130. The fourth-order valence-electron chi connectivity index (χ4n) is 2.37. The van der Waals surface area contributed by atoms with Crippen molar-refractivity contribution in [1.29, 1.82) is 0 Å². The Bertz CT molecular complexity index is 442. The van der Waals surface area contributed by atoms with Gasteiger partial charge in [0.2, 0.25) is 5.91 Å². The molecule has 1 saturated heterocycles. The third-order valence-electron chi connectivity index (χ3n) is 3.61. The van der Waals surface area contributed by atoms with E-state index in [9.17, 15) is 4.79 Å². The average Bonchev–Trinajstić information content (AvgIpc) is 2.46. The minimum absolute atomic E-state index is 0.174. The lowest BCUT2D eigenvalue weighted by atomic mass is 10.3. The van der Waals surface area contributed by atoms with Gasteiger partial charge in [0.1, 0.15) is 5.75 Å². The van der Waals surface area contributed by atoms with Crippen LogP contribution >= 0.6 is 0 Å². The Balaban J connectivity index is 1.63. The number of benzene rings is 1. The van der Waals surface area contributed by atoms with E-state index >= 15 is 0 Å². The van der Waals surface area contributed by atoms with Gasteiger partial charge in [-0.25, -0.2) is 0 Å². The standard InChI is InChI=1S/C15H23N3O2/c1-13(19)18-10-8-17(9-11-18)7-4-12-20-15-6-3-2-5-14(15)16/h2-3,5-6H,4,7-12,16H2,1H3. The van der Waals surface area contributed by atoms with Gasteiger partial charge in [0.15, 0.2) is 0 Å². The van der Waals surface area contributed by atoms with Crippen LogP contribution in [-0.2, 0) is 4.79 Å². The molecule has 0 aliphatic carbocycles. The molecule has 5 heteroatoms. The summed E-state index contributed by atoms with van der Waals surface area (Å²) in [5.74, 6) is 0.932. The smallest absolute Gasteiger partial charge is 0.219 e. The van der Waals surface area contributed by atoms with Crippen LogP contribution in [0.25, 0.3) is 0 Å². The van der Waals surface area contributed by atoms with Crippen LogP contribution in [-0.4, -0.2) is 55.0 Å². The maximum absolute atomic E-state index is 11.2. The molecule has 0 bridgehead atoms. The second kappa shape index (κ2) is 7.14. The van der Waals surface area contributed by atoms with Crippen LogP contribution < -0.4 is 10.5 Å². The molecular weight excluding hydrogens is 254 g/mol. The Labute approximate surface area is 120 Å². The van der Waals surface area contributed by atoms with Crippen LogP contribution in [0, 0.1) is 0 Å². The third kappa shape index (κ3) is 4.13. The number of carbonyl (C=O) groups excluding carboxylic acids is 1. The Morgan fingerprint density at radius 3 is 2.60 bits per heavy atom. The van der Waals surface area contributed by atoms with Crippen LogP contribution in [0.1, 0.15) is 13.3 Å². The fourth-order valence-corrected chi connectivity index (χ4v) is 2.37. The van der Waals surface area contributed by atoms with Crippen LogP contribution in [0.3, 0.4) is 0 Å². The van der Waals surface area contributed by atoms with Gasteiger partial charge in [-0.2, -0.15) is 0 Å². The second-order valence-corrected chi connectivity index (χ2v) is 5.09. The molecule has 1 heterocycles. The van der Waals surface area contributed by atoms with E-state index in [0.717, 1.165) is 44.9 Å². The average molecular weight is 277 g/mol. The maximum atomic E-state index is 11.2. The topological polar surface area (TPSA) is 58.8 Å². The molecule has 0 atom stereocenters. The van der Waals surface area contributed by atoms with E-state index in [1.165, 1.54) is 0 Å². The number of hydrogen-bond donors (Lipinski definition) is 1. The van der Waals surface area contributed by atoms with Crippen molar-refractivity contribution in [2.24, 2.45) is 0 Å². The maximum Gasteiger partial charge on any atom is 0.219 e. The van der Waals surface area contributed by atoms with Crippen molar-refractivity contribution in [2.75, 3.05) is 45.1 Å². The van der Waals surface area contributed by atoms with Gasteiger partial charge < -0.3 is 15.4 Å². The summed E-state index contributed by atoms with van der Waals surface area (Å²) >= 11 is 0. The molecule has 0 saturated carbocycles. The van der Waals surface area contributed by atoms with Gasteiger partial charge >= 0.3 is 0 Å². The molecule has 1 aromatic rings. The molecule has 1 fully saturated rings. The Morgan fingerprint density at radius 2 is 1.95 bits per heavy atom. The van der Waals surface area contributed by atoms with Gasteiger partial charge in [-0.1, -0.05) is 12.1 Å². The monoisotopic (exact) mass is 277 g/mol. The van der Waals surface area contributed by atoms with Crippen molar-refractivity contribution in [1.82, 2.24) is 9.80 Å². The first kappa shape index (κ1) is 14.7. The summed E-state index contributed by atoms with van der Waals surface area (Å²) in [4.78, 5) is 15.5. The highest BCUT2D eigenvalue weighted by Crippen LogP contribution is 2.19. The van der Waals surface area contributed by atoms with Crippen LogP contribution in [0.15, 0.2) is 24.3 Å². The molecule has 2 rings (SSSR count). The van der Waals surface area contributed by atoms with Crippen molar-refractivity contribution in [3.05, 3.63) is 24.3 Å². The summed E-state index contributed by atoms with van der Waals surface area (Å²) in [5, 5.41) is 0. The number of carbonyl (C=O) groups is 1. The highest BCUT2D eigenvalue weighted by atomic mass is 16.5. The molecule has 1 aliphatic rings. The number of nitrogens with two attached hydrogens (primary N) is 1. The molecule has 110 valence electrons. The zero-order valence-electron chi connectivity index (χ0n) is 12.0. The Kier molecular flexibility index (Phi) is 5.24. The van der Waals surface area contributed by atoms with E-state index in [2.05, 4.69) is 4.90 Å². The summed E-state index contributed by atoms with van der Waals surface area (Å²) in [6, 6.07) is 7.56. The summed E-state index contributed by atoms with van der Waals surface area (Å²) in [6.07, 6.45) is 0.967. The van der Waals surface area contributed by atoms with Crippen molar-refractivity contribution >= 4 is 11.6 Å². The molecule has 1 amide bonds. The Hall–Kier alpha value is -1.75. The van der Waals surface area contributed by atoms with Crippen LogP contribution in [0.5, 0.6) is 5.75 Å². The highest BCUT2D eigenvalue weighted by Gasteiger charge is 2.17. The predicted molar refractivity (Wildman–Crippen MR) is 79.7 cm³/mol. The van der Waals surface area contributed by atoms with E-state index in [4.69, 9.17) is 10.5 Å². The Morgan fingerprint density at radius 1 is 1.25 bits per heavy atom. The highest BCUT2D eigenvalue weighted by molar-refractivity contribution is 5.73. The molecule has 1 aromatic carbocycles. The third-order valence-corrected chi connectivity index (χ3v) is 3.61. The van der Waals surface area contributed by atoms with Crippen LogP contribution in [0.2, 0.25) is 0 Å². The quantitative estimate of drug-likeness (QED) is 0.649. The SMILES string of the molecule is CC(=O)N1CCN(CCCOc2ccccc2N)CC1. The minimum Gasteiger partial charge on any atom is -0.491 e. The lowest BCUT2D eigenvalue weighted by Crippen LogP contribution is -2.48. The number of amides is 1.